The van der Waals surface area contributed by atoms with Crippen molar-refractivity contribution in [1.29, 1.82) is 0 Å². The van der Waals surface area contributed by atoms with Crippen molar-refractivity contribution in [2.75, 3.05) is 6.61 Å². The summed E-state index contributed by atoms with van der Waals surface area (Å²) in [5.74, 6) is 2.14. The quantitative estimate of drug-likeness (QED) is 0.681. The van der Waals surface area contributed by atoms with Crippen molar-refractivity contribution in [3.05, 3.63) is 33.7 Å². The van der Waals surface area contributed by atoms with Gasteiger partial charge in [-0.2, -0.15) is 4.99 Å². The maximum Gasteiger partial charge on any atom is 0.286 e. The molecule has 0 saturated carbocycles. The summed E-state index contributed by atoms with van der Waals surface area (Å²) in [6.45, 7) is 1.48. The van der Waals surface area contributed by atoms with Crippen molar-refractivity contribution in [2.45, 2.75) is 6.92 Å². The lowest BCUT2D eigenvalue weighted by Gasteiger charge is -2.05. The summed E-state index contributed by atoms with van der Waals surface area (Å²) in [5, 5.41) is 3.14. The van der Waals surface area contributed by atoms with Crippen LogP contribution in [-0.4, -0.2) is 23.6 Å². The van der Waals surface area contributed by atoms with Gasteiger partial charge < -0.3 is 10.1 Å². The highest BCUT2D eigenvalue weighted by Crippen LogP contribution is 2.30. The van der Waals surface area contributed by atoms with E-state index in [0.717, 1.165) is 11.8 Å². The zero-order valence-corrected chi connectivity index (χ0v) is 13.1. The first-order valence-corrected chi connectivity index (χ1v) is 7.35. The Morgan fingerprint density at radius 1 is 1.59 bits per heavy atom. The number of amides is 2. The molecule has 1 aromatic rings. The number of thioether (sulfide) groups is 1. The van der Waals surface area contributed by atoms with Gasteiger partial charge >= 0.3 is 0 Å². The number of ether oxygens (including phenoxy) is 1. The number of benzene rings is 1. The van der Waals surface area contributed by atoms with Crippen LogP contribution in [0.25, 0.3) is 6.08 Å². The van der Waals surface area contributed by atoms with Gasteiger partial charge in [0.05, 0.1) is 9.93 Å². The third kappa shape index (κ3) is 4.13. The van der Waals surface area contributed by atoms with Crippen LogP contribution in [-0.2, 0) is 9.59 Å². The standard InChI is InChI=1S/C15H11ClN2O3S/c1-3-6-21-12-5-4-10(7-11(12)16)8-13-14(20)18-15(22-13)17-9(2)19/h1,4-5,7-8H,6H2,2H3,(H,17,18,19,20)/b13-8-. The van der Waals surface area contributed by atoms with Gasteiger partial charge in [-0.3, -0.25) is 9.59 Å². The van der Waals surface area contributed by atoms with Gasteiger partial charge in [0.15, 0.2) is 5.17 Å². The molecule has 0 fully saturated rings. The maximum atomic E-state index is 11.8. The molecule has 0 saturated heterocycles. The van der Waals surface area contributed by atoms with Crippen LogP contribution in [0.5, 0.6) is 5.75 Å². The maximum absolute atomic E-state index is 11.8. The summed E-state index contributed by atoms with van der Waals surface area (Å²) in [6, 6.07) is 5.07. The van der Waals surface area contributed by atoms with Gasteiger partial charge in [-0.1, -0.05) is 23.6 Å². The fraction of sp³-hybridized carbons (Fsp3) is 0.133. The molecular weight excluding hydrogens is 324 g/mol. The minimum absolute atomic E-state index is 0.127. The third-order valence-corrected chi connectivity index (χ3v) is 3.66. The van der Waals surface area contributed by atoms with Gasteiger partial charge in [0.25, 0.3) is 5.91 Å². The molecule has 2 amide bonds. The van der Waals surface area contributed by atoms with Crippen molar-refractivity contribution in [1.82, 2.24) is 5.32 Å². The monoisotopic (exact) mass is 334 g/mol. The molecule has 1 heterocycles. The highest BCUT2D eigenvalue weighted by atomic mass is 35.5. The highest BCUT2D eigenvalue weighted by Gasteiger charge is 2.22. The molecule has 112 valence electrons. The van der Waals surface area contributed by atoms with E-state index in [4.69, 9.17) is 22.8 Å². The Balaban J connectivity index is 2.14. The van der Waals surface area contributed by atoms with E-state index in [1.165, 1.54) is 6.92 Å². The number of hydrogen-bond acceptors (Lipinski definition) is 4. The normalized spacial score (nSPS) is 15.4. The molecule has 2 rings (SSSR count). The van der Waals surface area contributed by atoms with Crippen LogP contribution in [0, 0.1) is 12.3 Å². The molecule has 0 spiro atoms. The van der Waals surface area contributed by atoms with E-state index < -0.39 is 5.91 Å². The van der Waals surface area contributed by atoms with Gasteiger partial charge in [-0.05, 0) is 35.5 Å². The zero-order chi connectivity index (χ0) is 16.1. The number of rotatable bonds is 3. The van der Waals surface area contributed by atoms with E-state index in [9.17, 15) is 9.59 Å². The number of amidine groups is 1. The molecule has 0 aromatic heterocycles. The first kappa shape index (κ1) is 16.1. The Kier molecular flexibility index (Phi) is 5.26. The minimum atomic E-state index is -0.405. The largest absolute Gasteiger partial charge is 0.479 e. The van der Waals surface area contributed by atoms with Crippen LogP contribution >= 0.6 is 23.4 Å². The number of halogens is 1. The Bertz CT molecular complexity index is 735. The molecule has 1 aliphatic rings. The summed E-state index contributed by atoms with van der Waals surface area (Å²) in [4.78, 5) is 26.9. The van der Waals surface area contributed by atoms with E-state index in [0.29, 0.717) is 21.2 Å². The summed E-state index contributed by atoms with van der Waals surface area (Å²) in [7, 11) is 0. The van der Waals surface area contributed by atoms with Crippen LogP contribution in [0.4, 0.5) is 0 Å². The molecule has 0 atom stereocenters. The zero-order valence-electron chi connectivity index (χ0n) is 11.6. The van der Waals surface area contributed by atoms with Crippen molar-refractivity contribution < 1.29 is 14.3 Å². The van der Waals surface area contributed by atoms with E-state index in [2.05, 4.69) is 16.2 Å². The van der Waals surface area contributed by atoms with Crippen LogP contribution in [0.2, 0.25) is 5.02 Å². The number of carbonyl (C=O) groups excluding carboxylic acids is 2. The number of carbonyl (C=O) groups is 2. The van der Waals surface area contributed by atoms with E-state index in [1.54, 1.807) is 24.3 Å². The Morgan fingerprint density at radius 3 is 3.00 bits per heavy atom. The second kappa shape index (κ2) is 7.16. The molecule has 5 nitrogen and oxygen atoms in total. The van der Waals surface area contributed by atoms with Gasteiger partial charge in [0.1, 0.15) is 12.4 Å². The van der Waals surface area contributed by atoms with Crippen LogP contribution in [0.3, 0.4) is 0 Å². The van der Waals surface area contributed by atoms with E-state index in [-0.39, 0.29) is 17.7 Å². The van der Waals surface area contributed by atoms with Gasteiger partial charge in [-0.15, -0.1) is 6.42 Å². The topological polar surface area (TPSA) is 67.8 Å². The lowest BCUT2D eigenvalue weighted by molar-refractivity contribution is -0.117. The molecule has 0 unspecified atom stereocenters. The Morgan fingerprint density at radius 2 is 2.36 bits per heavy atom. The predicted octanol–water partition coefficient (Wildman–Crippen LogP) is 2.46. The molecular formula is C15H11ClN2O3S. The lowest BCUT2D eigenvalue weighted by Crippen LogP contribution is -2.23. The molecule has 0 aliphatic carbocycles. The number of nitrogens with one attached hydrogen (secondary N) is 1. The first-order valence-electron chi connectivity index (χ1n) is 6.15. The third-order valence-electron chi connectivity index (χ3n) is 2.47. The molecule has 1 N–H and O–H groups in total. The van der Waals surface area contributed by atoms with E-state index >= 15 is 0 Å². The van der Waals surface area contributed by atoms with Gasteiger partial charge in [0.2, 0.25) is 5.91 Å². The SMILES string of the molecule is C#CCOc1ccc(/C=C2\SC(NC(C)=O)=NC2=O)cc1Cl. The number of terminal acetylenes is 1. The van der Waals surface area contributed by atoms with Gasteiger partial charge in [-0.25, -0.2) is 0 Å². The summed E-state index contributed by atoms with van der Waals surface area (Å²) in [6.07, 6.45) is 6.76. The first-order chi connectivity index (χ1) is 10.5. The number of nitrogens with zero attached hydrogens (tertiary/aromatic N) is 1. The van der Waals surface area contributed by atoms with E-state index in [1.807, 2.05) is 0 Å². The van der Waals surface area contributed by atoms with Crippen molar-refractivity contribution in [2.24, 2.45) is 4.99 Å². The summed E-state index contributed by atoms with van der Waals surface area (Å²) >= 11 is 7.18. The van der Waals surface area contributed by atoms with Crippen molar-refractivity contribution >= 4 is 46.4 Å². The Hall–Kier alpha value is -2.23. The highest BCUT2D eigenvalue weighted by molar-refractivity contribution is 8.18. The molecule has 22 heavy (non-hydrogen) atoms. The Labute approximate surface area is 136 Å². The van der Waals surface area contributed by atoms with Crippen molar-refractivity contribution in [3.63, 3.8) is 0 Å². The number of aliphatic imine (C=N–C) groups is 1. The van der Waals surface area contributed by atoms with Gasteiger partial charge in [0, 0.05) is 6.92 Å². The molecule has 7 heteroatoms. The average Bonchev–Trinajstić information content (AvgIpc) is 2.77. The molecule has 1 aliphatic heterocycles. The average molecular weight is 335 g/mol. The van der Waals surface area contributed by atoms with Crippen LogP contribution in [0.1, 0.15) is 12.5 Å². The second-order valence-electron chi connectivity index (χ2n) is 4.20. The lowest BCUT2D eigenvalue weighted by atomic mass is 10.2. The summed E-state index contributed by atoms with van der Waals surface area (Å²) in [5.41, 5.74) is 0.716. The van der Waals surface area contributed by atoms with Crippen LogP contribution < -0.4 is 10.1 Å². The van der Waals surface area contributed by atoms with Crippen LogP contribution in [0.15, 0.2) is 28.1 Å². The predicted molar refractivity (Wildman–Crippen MR) is 87.6 cm³/mol. The fourth-order valence-electron chi connectivity index (χ4n) is 1.61. The number of hydrogen-bond donors (Lipinski definition) is 1. The summed E-state index contributed by atoms with van der Waals surface area (Å²) < 4.78 is 5.26. The fourth-order valence-corrected chi connectivity index (χ4v) is 2.71. The smallest absolute Gasteiger partial charge is 0.286 e. The van der Waals surface area contributed by atoms with Crippen molar-refractivity contribution in [3.8, 4) is 18.1 Å². The molecule has 0 bridgehead atoms. The molecule has 1 aromatic carbocycles. The molecule has 0 radical (unpaired) electrons. The minimum Gasteiger partial charge on any atom is -0.479 e. The second-order valence-corrected chi connectivity index (χ2v) is 5.63.